The molecule has 0 aliphatic carbocycles. The summed E-state index contributed by atoms with van der Waals surface area (Å²) >= 11 is 0. The molecule has 0 saturated carbocycles. The van der Waals surface area contributed by atoms with Crippen molar-refractivity contribution in [1.29, 1.82) is 0 Å². The quantitative estimate of drug-likeness (QED) is 0.0270. The Labute approximate surface area is 304 Å². The molecule has 49 heavy (non-hydrogen) atoms. The van der Waals surface area contributed by atoms with E-state index in [2.05, 4.69) is 13.8 Å². The second kappa shape index (κ2) is 34.6. The highest BCUT2D eigenvalue weighted by Gasteiger charge is 2.20. The van der Waals surface area contributed by atoms with Crippen LogP contribution < -0.4 is 4.89 Å². The van der Waals surface area contributed by atoms with Crippen molar-refractivity contribution in [1.82, 2.24) is 0 Å². The number of phosphoric ester groups is 1. The van der Waals surface area contributed by atoms with Gasteiger partial charge in [0.25, 0.3) is 7.82 Å². The third-order valence-corrected chi connectivity index (χ3v) is 10.1. The number of rotatable bonds is 39. The van der Waals surface area contributed by atoms with E-state index in [0.29, 0.717) is 24.1 Å². The van der Waals surface area contributed by atoms with Gasteiger partial charge in [-0.2, -0.15) is 0 Å². The zero-order valence-electron chi connectivity index (χ0n) is 33.2. The van der Waals surface area contributed by atoms with E-state index in [9.17, 15) is 14.3 Å². The predicted molar refractivity (Wildman–Crippen MR) is 204 cm³/mol. The summed E-state index contributed by atoms with van der Waals surface area (Å²) in [5.74, 6) is -0.332. The molecule has 0 saturated heterocycles. The van der Waals surface area contributed by atoms with Crippen LogP contribution in [0.25, 0.3) is 0 Å². The number of esters is 1. The van der Waals surface area contributed by atoms with Crippen molar-refractivity contribution in [3.63, 3.8) is 0 Å². The zero-order chi connectivity index (χ0) is 36.3. The Kier molecular flexibility index (Phi) is 34.2. The molecule has 8 nitrogen and oxygen atoms in total. The lowest BCUT2D eigenvalue weighted by atomic mass is 10.0. The average molecular weight is 720 g/mol. The molecule has 0 spiro atoms. The van der Waals surface area contributed by atoms with Gasteiger partial charge in [-0.15, -0.1) is 0 Å². The molecule has 0 bridgehead atoms. The number of carbonyl (C=O) groups excluding carboxylic acids is 1. The van der Waals surface area contributed by atoms with Gasteiger partial charge in [-0.3, -0.25) is 9.36 Å². The highest BCUT2D eigenvalue weighted by molar-refractivity contribution is 7.45. The van der Waals surface area contributed by atoms with E-state index in [-0.39, 0.29) is 25.8 Å². The molecule has 0 aromatic rings. The average Bonchev–Trinajstić information content (AvgIpc) is 3.04. The second-order valence-corrected chi connectivity index (χ2v) is 16.8. The van der Waals surface area contributed by atoms with Crippen LogP contribution in [0.3, 0.4) is 0 Å². The first-order valence-electron chi connectivity index (χ1n) is 20.8. The molecule has 0 heterocycles. The van der Waals surface area contributed by atoms with E-state index in [0.717, 1.165) is 32.1 Å². The molecule has 0 radical (unpaired) electrons. The minimum Gasteiger partial charge on any atom is -0.756 e. The van der Waals surface area contributed by atoms with Crippen LogP contribution >= 0.6 is 7.82 Å². The maximum Gasteiger partial charge on any atom is 0.306 e. The summed E-state index contributed by atoms with van der Waals surface area (Å²) < 4.78 is 34.3. The van der Waals surface area contributed by atoms with Crippen molar-refractivity contribution in [2.24, 2.45) is 0 Å². The smallest absolute Gasteiger partial charge is 0.306 e. The van der Waals surface area contributed by atoms with Crippen LogP contribution in [0.15, 0.2) is 0 Å². The second-order valence-electron chi connectivity index (χ2n) is 15.4. The molecule has 0 fully saturated rings. The van der Waals surface area contributed by atoms with Gasteiger partial charge in [0.1, 0.15) is 19.3 Å². The van der Waals surface area contributed by atoms with Crippen LogP contribution in [0.2, 0.25) is 0 Å². The van der Waals surface area contributed by atoms with E-state index in [1.54, 1.807) is 0 Å². The minimum atomic E-state index is -4.50. The van der Waals surface area contributed by atoms with Gasteiger partial charge in [0, 0.05) is 13.0 Å². The molecule has 0 aliphatic rings. The number of nitrogens with zero attached hydrogens (tertiary/aromatic N) is 1. The van der Waals surface area contributed by atoms with Crippen LogP contribution in [-0.2, 0) is 27.9 Å². The standard InChI is InChI=1S/C40H82NO7P/c1-6-8-10-12-14-15-16-17-18-19-20-21-22-23-24-25-26-27-28-29-31-33-40(42)48-39(37-45-35-32-30-13-11-9-7-2)38-47-49(43,44)46-36-34-41(3,4)5/h39H,6-38H2,1-5H3. The van der Waals surface area contributed by atoms with Gasteiger partial charge in [0.15, 0.2) is 0 Å². The molecule has 0 N–H and O–H groups in total. The fourth-order valence-electron chi connectivity index (χ4n) is 5.90. The van der Waals surface area contributed by atoms with Crippen LogP contribution in [0.5, 0.6) is 0 Å². The summed E-state index contributed by atoms with van der Waals surface area (Å²) in [4.78, 5) is 24.9. The molecule has 0 aromatic heterocycles. The van der Waals surface area contributed by atoms with Gasteiger partial charge in [0.2, 0.25) is 0 Å². The Bertz CT molecular complexity index is 761. The molecular formula is C40H82NO7P. The molecule has 294 valence electrons. The molecule has 0 aliphatic heterocycles. The fraction of sp³-hybridized carbons (Fsp3) is 0.975. The van der Waals surface area contributed by atoms with Crippen LogP contribution in [0, 0.1) is 0 Å². The van der Waals surface area contributed by atoms with Gasteiger partial charge >= 0.3 is 5.97 Å². The monoisotopic (exact) mass is 720 g/mol. The number of ether oxygens (including phenoxy) is 2. The van der Waals surface area contributed by atoms with Crippen molar-refractivity contribution in [2.75, 3.05) is 54.1 Å². The highest BCUT2D eigenvalue weighted by Crippen LogP contribution is 2.38. The van der Waals surface area contributed by atoms with Gasteiger partial charge in [-0.05, 0) is 12.8 Å². The van der Waals surface area contributed by atoms with E-state index >= 15 is 0 Å². The van der Waals surface area contributed by atoms with Crippen molar-refractivity contribution >= 4 is 13.8 Å². The summed E-state index contributed by atoms with van der Waals surface area (Å²) in [6, 6.07) is 0. The molecule has 0 amide bonds. The van der Waals surface area contributed by atoms with E-state index < -0.39 is 13.9 Å². The van der Waals surface area contributed by atoms with Gasteiger partial charge in [-0.1, -0.05) is 174 Å². The maximum absolute atomic E-state index is 12.6. The number of carbonyl (C=O) groups is 1. The van der Waals surface area contributed by atoms with Crippen molar-refractivity contribution in [3.8, 4) is 0 Å². The fourth-order valence-corrected chi connectivity index (χ4v) is 6.63. The Hall–Kier alpha value is -0.500. The predicted octanol–water partition coefficient (Wildman–Crippen LogP) is 11.1. The molecule has 0 rings (SSSR count). The summed E-state index contributed by atoms with van der Waals surface area (Å²) in [5, 5.41) is 0. The topological polar surface area (TPSA) is 94.1 Å². The van der Waals surface area contributed by atoms with E-state index in [1.807, 2.05) is 21.1 Å². The van der Waals surface area contributed by atoms with E-state index in [4.69, 9.17) is 18.5 Å². The van der Waals surface area contributed by atoms with Crippen molar-refractivity contribution in [3.05, 3.63) is 0 Å². The lowest BCUT2D eigenvalue weighted by molar-refractivity contribution is -0.870. The molecular weight excluding hydrogens is 637 g/mol. The first-order valence-corrected chi connectivity index (χ1v) is 22.2. The third kappa shape index (κ3) is 38.6. The number of quaternary nitrogens is 1. The molecule has 2 unspecified atom stereocenters. The normalized spacial score (nSPS) is 13.8. The highest BCUT2D eigenvalue weighted by atomic mass is 31.2. The Morgan fingerprint density at radius 1 is 0.551 bits per heavy atom. The Morgan fingerprint density at radius 3 is 1.35 bits per heavy atom. The summed E-state index contributed by atoms with van der Waals surface area (Å²) in [6.45, 7) is 5.40. The van der Waals surface area contributed by atoms with Crippen LogP contribution in [-0.4, -0.2) is 70.7 Å². The Morgan fingerprint density at radius 2 is 0.939 bits per heavy atom. The third-order valence-electron chi connectivity index (χ3n) is 9.16. The maximum atomic E-state index is 12.6. The number of hydrogen-bond donors (Lipinski definition) is 0. The lowest BCUT2D eigenvalue weighted by Gasteiger charge is -2.28. The summed E-state index contributed by atoms with van der Waals surface area (Å²) in [5.41, 5.74) is 0. The SMILES string of the molecule is CCCCCCCCCCCCCCCCCCCCCCCC(=O)OC(COCCCCCCCC)COP(=O)([O-])OCC[N+](C)(C)C. The number of likely N-dealkylation sites (N-methyl/N-ethyl adjacent to an activating group) is 1. The number of unbranched alkanes of at least 4 members (excludes halogenated alkanes) is 25. The van der Waals surface area contributed by atoms with E-state index in [1.165, 1.54) is 141 Å². The van der Waals surface area contributed by atoms with Gasteiger partial charge in [-0.25, -0.2) is 0 Å². The summed E-state index contributed by atoms with van der Waals surface area (Å²) in [6.07, 6.45) is 34.2. The molecule has 2 atom stereocenters. The largest absolute Gasteiger partial charge is 0.756 e. The van der Waals surface area contributed by atoms with Crippen molar-refractivity contribution in [2.45, 2.75) is 200 Å². The first kappa shape index (κ1) is 48.5. The first-order chi connectivity index (χ1) is 23.6. The Balaban J connectivity index is 3.99. The van der Waals surface area contributed by atoms with Crippen LogP contribution in [0.4, 0.5) is 0 Å². The van der Waals surface area contributed by atoms with Crippen molar-refractivity contribution < 1.29 is 37.3 Å². The zero-order valence-corrected chi connectivity index (χ0v) is 34.1. The number of hydrogen-bond acceptors (Lipinski definition) is 7. The summed E-state index contributed by atoms with van der Waals surface area (Å²) in [7, 11) is 1.37. The lowest BCUT2D eigenvalue weighted by Crippen LogP contribution is -2.37. The van der Waals surface area contributed by atoms with Gasteiger partial charge < -0.3 is 27.9 Å². The molecule has 9 heteroatoms. The van der Waals surface area contributed by atoms with Gasteiger partial charge in [0.05, 0.1) is 34.4 Å². The van der Waals surface area contributed by atoms with Crippen LogP contribution in [0.1, 0.15) is 194 Å². The molecule has 0 aromatic carbocycles. The number of phosphoric acid groups is 1. The minimum absolute atomic E-state index is 0.0305.